The van der Waals surface area contributed by atoms with Crippen molar-refractivity contribution in [1.29, 1.82) is 0 Å². The fraction of sp³-hybridized carbons (Fsp3) is 0.700. The molecule has 1 N–H and O–H groups in total. The summed E-state index contributed by atoms with van der Waals surface area (Å²) in [5.74, 6) is 1.43. The maximum Gasteiger partial charge on any atom is 0.257 e. The predicted molar refractivity (Wildman–Crippen MR) is 99.3 cm³/mol. The Kier molecular flexibility index (Phi) is 4.88. The largest absolute Gasteiger partial charge is 0.378 e. The number of amides is 1. The number of ether oxygens (including phenoxy) is 2. The second-order valence-corrected chi connectivity index (χ2v) is 7.86. The minimum absolute atomic E-state index is 0.0363. The van der Waals surface area contributed by atoms with E-state index in [2.05, 4.69) is 10.3 Å². The van der Waals surface area contributed by atoms with E-state index in [9.17, 15) is 4.79 Å². The molecule has 6 nitrogen and oxygen atoms in total. The van der Waals surface area contributed by atoms with Gasteiger partial charge in [0.25, 0.3) is 5.91 Å². The zero-order valence-corrected chi connectivity index (χ0v) is 15.7. The molecule has 142 valence electrons. The highest BCUT2D eigenvalue weighted by Gasteiger charge is 2.53. The zero-order chi connectivity index (χ0) is 18.1. The topological polar surface area (TPSA) is 63.7 Å². The number of methoxy groups -OCH3 is 1. The van der Waals surface area contributed by atoms with Gasteiger partial charge >= 0.3 is 0 Å². The van der Waals surface area contributed by atoms with Gasteiger partial charge in [0.2, 0.25) is 0 Å². The Balaban J connectivity index is 1.53. The molecular weight excluding hydrogens is 330 g/mol. The lowest BCUT2D eigenvalue weighted by atomic mass is 9.79. The summed E-state index contributed by atoms with van der Waals surface area (Å²) in [5.41, 5.74) is 0.403. The van der Waals surface area contributed by atoms with E-state index in [4.69, 9.17) is 9.47 Å². The highest BCUT2D eigenvalue weighted by molar-refractivity contribution is 5.99. The van der Waals surface area contributed by atoms with Crippen LogP contribution >= 0.6 is 0 Å². The quantitative estimate of drug-likeness (QED) is 0.846. The fourth-order valence-electron chi connectivity index (χ4n) is 4.55. The van der Waals surface area contributed by atoms with Crippen LogP contribution in [-0.4, -0.2) is 60.8 Å². The van der Waals surface area contributed by atoms with Crippen LogP contribution in [0.15, 0.2) is 18.3 Å². The molecule has 0 unspecified atom stereocenters. The first-order valence-corrected chi connectivity index (χ1v) is 9.77. The number of rotatable bonds is 6. The van der Waals surface area contributed by atoms with E-state index >= 15 is 0 Å². The molecule has 2 heterocycles. The molecule has 3 aliphatic rings. The summed E-state index contributed by atoms with van der Waals surface area (Å²) in [4.78, 5) is 19.6. The second-order valence-electron chi connectivity index (χ2n) is 7.86. The van der Waals surface area contributed by atoms with Crippen LogP contribution in [0.25, 0.3) is 0 Å². The van der Waals surface area contributed by atoms with Gasteiger partial charge in [-0.25, -0.2) is 4.98 Å². The third kappa shape index (κ3) is 3.21. The average Bonchev–Trinajstić information content (AvgIpc) is 3.44. The van der Waals surface area contributed by atoms with Gasteiger partial charge in [-0.3, -0.25) is 4.79 Å². The molecule has 1 aromatic rings. The average molecular weight is 359 g/mol. The van der Waals surface area contributed by atoms with E-state index in [1.807, 2.05) is 17.0 Å². The Morgan fingerprint density at radius 2 is 2.23 bits per heavy atom. The van der Waals surface area contributed by atoms with Gasteiger partial charge < -0.3 is 19.7 Å². The molecule has 1 saturated heterocycles. The van der Waals surface area contributed by atoms with Gasteiger partial charge in [0.15, 0.2) is 0 Å². The molecule has 1 amide bonds. The Bertz CT molecular complexity index is 663. The number of hydrogen-bond donors (Lipinski definition) is 1. The number of aromatic nitrogens is 1. The standard InChI is InChI=1S/C20H29N3O3/c1-21-18-16(4-3-10-22-18)19(24)23-11-9-20(25-2)8-7-15(12-17(20)23)26-13-14-5-6-14/h3-4,10,14-15,17H,5-9,11-13H2,1-2H3,(H,21,22)/t15-,17+,20-/m1/s1. The minimum Gasteiger partial charge on any atom is -0.378 e. The predicted octanol–water partition coefficient (Wildman–Crippen LogP) is 2.70. The first-order valence-electron chi connectivity index (χ1n) is 9.77. The molecule has 2 saturated carbocycles. The van der Waals surface area contributed by atoms with Crippen molar-refractivity contribution >= 4 is 11.7 Å². The van der Waals surface area contributed by atoms with Crippen LogP contribution in [0, 0.1) is 5.92 Å². The first-order chi connectivity index (χ1) is 12.7. The molecule has 3 atom stereocenters. The fourth-order valence-corrected chi connectivity index (χ4v) is 4.55. The molecule has 0 bridgehead atoms. The van der Waals surface area contributed by atoms with Gasteiger partial charge in [0.05, 0.1) is 23.3 Å². The maximum atomic E-state index is 13.3. The molecular formula is C20H29N3O3. The van der Waals surface area contributed by atoms with Crippen LogP contribution < -0.4 is 5.32 Å². The van der Waals surface area contributed by atoms with E-state index in [0.29, 0.717) is 11.4 Å². The van der Waals surface area contributed by atoms with Gasteiger partial charge in [-0.1, -0.05) is 0 Å². The molecule has 0 aromatic carbocycles. The SMILES string of the molecule is CNc1ncccc1C(=O)N1CC[C@]2(OC)CC[C@@H](OCC3CC3)C[C@H]12. The van der Waals surface area contributed by atoms with Gasteiger partial charge in [-0.15, -0.1) is 0 Å². The molecule has 1 aromatic heterocycles. The van der Waals surface area contributed by atoms with Crippen molar-refractivity contribution < 1.29 is 14.3 Å². The molecule has 26 heavy (non-hydrogen) atoms. The van der Waals surface area contributed by atoms with E-state index in [-0.39, 0.29) is 23.7 Å². The van der Waals surface area contributed by atoms with Gasteiger partial charge in [-0.05, 0) is 56.6 Å². The van der Waals surface area contributed by atoms with Crippen LogP contribution in [-0.2, 0) is 9.47 Å². The molecule has 3 fully saturated rings. The van der Waals surface area contributed by atoms with Crippen molar-refractivity contribution in [2.24, 2.45) is 5.92 Å². The Labute approximate surface area is 155 Å². The Morgan fingerprint density at radius 1 is 1.38 bits per heavy atom. The molecule has 2 aliphatic carbocycles. The number of anilines is 1. The third-order valence-corrected chi connectivity index (χ3v) is 6.34. The Hall–Kier alpha value is -1.66. The van der Waals surface area contributed by atoms with Crippen molar-refractivity contribution in [2.75, 3.05) is 32.6 Å². The van der Waals surface area contributed by atoms with Crippen molar-refractivity contribution in [2.45, 2.75) is 56.3 Å². The molecule has 6 heteroatoms. The summed E-state index contributed by atoms with van der Waals surface area (Å²) in [7, 11) is 3.58. The normalized spacial score (nSPS) is 30.9. The molecule has 1 aliphatic heterocycles. The summed E-state index contributed by atoms with van der Waals surface area (Å²) in [6, 6.07) is 3.73. The summed E-state index contributed by atoms with van der Waals surface area (Å²) >= 11 is 0. The third-order valence-electron chi connectivity index (χ3n) is 6.34. The highest BCUT2D eigenvalue weighted by atomic mass is 16.5. The molecule has 0 spiro atoms. The summed E-state index contributed by atoms with van der Waals surface area (Å²) < 4.78 is 12.1. The number of nitrogens with zero attached hydrogens (tertiary/aromatic N) is 2. The van der Waals surface area contributed by atoms with E-state index in [1.54, 1.807) is 20.4 Å². The van der Waals surface area contributed by atoms with Crippen LogP contribution in [0.5, 0.6) is 0 Å². The maximum absolute atomic E-state index is 13.3. The number of likely N-dealkylation sites (tertiary alicyclic amines) is 1. The number of pyridine rings is 1. The second kappa shape index (κ2) is 7.16. The summed E-state index contributed by atoms with van der Waals surface area (Å²) in [6.07, 6.45) is 8.27. The lowest BCUT2D eigenvalue weighted by Crippen LogP contribution is -2.53. The smallest absolute Gasteiger partial charge is 0.257 e. The van der Waals surface area contributed by atoms with E-state index < -0.39 is 0 Å². The number of hydrogen-bond acceptors (Lipinski definition) is 5. The van der Waals surface area contributed by atoms with Gasteiger partial charge in [-0.2, -0.15) is 0 Å². The lowest BCUT2D eigenvalue weighted by molar-refractivity contribution is -0.0977. The van der Waals surface area contributed by atoms with Crippen LogP contribution in [0.3, 0.4) is 0 Å². The van der Waals surface area contributed by atoms with Crippen LogP contribution in [0.2, 0.25) is 0 Å². The number of fused-ring (bicyclic) bond motifs is 1. The van der Waals surface area contributed by atoms with E-state index in [0.717, 1.165) is 44.8 Å². The van der Waals surface area contributed by atoms with Crippen LogP contribution in [0.1, 0.15) is 48.9 Å². The number of nitrogens with one attached hydrogen (secondary N) is 1. The van der Waals surface area contributed by atoms with Gasteiger partial charge in [0.1, 0.15) is 5.82 Å². The van der Waals surface area contributed by atoms with Crippen molar-refractivity contribution in [3.05, 3.63) is 23.9 Å². The number of carbonyl (C=O) groups is 1. The summed E-state index contributed by atoms with van der Waals surface area (Å²) in [6.45, 7) is 1.60. The zero-order valence-electron chi connectivity index (χ0n) is 15.7. The number of carbonyl (C=O) groups excluding carboxylic acids is 1. The van der Waals surface area contributed by atoms with Crippen molar-refractivity contribution in [3.63, 3.8) is 0 Å². The molecule has 0 radical (unpaired) electrons. The highest BCUT2D eigenvalue weighted by Crippen LogP contribution is 2.44. The monoisotopic (exact) mass is 359 g/mol. The summed E-state index contributed by atoms with van der Waals surface area (Å²) in [5, 5.41) is 3.03. The Morgan fingerprint density at radius 3 is 2.96 bits per heavy atom. The minimum atomic E-state index is -0.225. The van der Waals surface area contributed by atoms with Gasteiger partial charge in [0, 0.05) is 33.5 Å². The lowest BCUT2D eigenvalue weighted by Gasteiger charge is -2.43. The van der Waals surface area contributed by atoms with Crippen molar-refractivity contribution in [1.82, 2.24) is 9.88 Å². The van der Waals surface area contributed by atoms with Crippen LogP contribution in [0.4, 0.5) is 5.82 Å². The molecule has 4 rings (SSSR count). The van der Waals surface area contributed by atoms with Crippen molar-refractivity contribution in [3.8, 4) is 0 Å². The van der Waals surface area contributed by atoms with E-state index in [1.165, 1.54) is 12.8 Å². The first kappa shape index (κ1) is 17.7.